The Morgan fingerprint density at radius 1 is 1.35 bits per heavy atom. The lowest BCUT2D eigenvalue weighted by molar-refractivity contribution is -0.207. The summed E-state index contributed by atoms with van der Waals surface area (Å²) in [6, 6.07) is -0.527. The first kappa shape index (κ1) is 12.2. The van der Waals surface area contributed by atoms with Crippen LogP contribution in [0.25, 0.3) is 0 Å². The van der Waals surface area contributed by atoms with E-state index < -0.39 is 12.3 Å². The quantitative estimate of drug-likeness (QED) is 0.583. The molecule has 2 aliphatic rings. The highest BCUT2D eigenvalue weighted by atomic mass is 16.6. The van der Waals surface area contributed by atoms with Gasteiger partial charge in [-0.1, -0.05) is 12.8 Å². The summed E-state index contributed by atoms with van der Waals surface area (Å²) in [5.74, 6) is -0.345. The van der Waals surface area contributed by atoms with Crippen LogP contribution >= 0.6 is 0 Å². The van der Waals surface area contributed by atoms with E-state index in [0.717, 1.165) is 25.7 Å². The van der Waals surface area contributed by atoms with Gasteiger partial charge in [0, 0.05) is 20.0 Å². The van der Waals surface area contributed by atoms with Crippen molar-refractivity contribution in [2.75, 3.05) is 13.6 Å². The molecule has 1 N–H and O–H groups in total. The lowest BCUT2D eigenvalue weighted by Crippen LogP contribution is -2.53. The molecule has 1 saturated heterocycles. The predicted molar refractivity (Wildman–Crippen MR) is 58.1 cm³/mol. The number of ether oxygens (including phenoxy) is 1. The molecular weight excluding hydrogens is 224 g/mol. The van der Waals surface area contributed by atoms with Gasteiger partial charge in [-0.15, -0.1) is 0 Å². The molecule has 2 rings (SSSR count). The monoisotopic (exact) mass is 242 g/mol. The molecule has 0 aromatic carbocycles. The van der Waals surface area contributed by atoms with Crippen LogP contribution in [0.2, 0.25) is 0 Å². The van der Waals surface area contributed by atoms with Crippen molar-refractivity contribution in [3.63, 3.8) is 0 Å². The van der Waals surface area contributed by atoms with Crippen LogP contribution in [0, 0.1) is 5.92 Å². The van der Waals surface area contributed by atoms with Crippen LogP contribution < -0.4 is 0 Å². The van der Waals surface area contributed by atoms with Crippen LogP contribution in [-0.2, 0) is 9.53 Å². The summed E-state index contributed by atoms with van der Waals surface area (Å²) >= 11 is 0. The highest BCUT2D eigenvalue weighted by molar-refractivity contribution is 5.76. The van der Waals surface area contributed by atoms with Crippen molar-refractivity contribution in [1.29, 1.82) is 0 Å². The van der Waals surface area contributed by atoms with Gasteiger partial charge in [-0.05, 0) is 12.8 Å². The van der Waals surface area contributed by atoms with Gasteiger partial charge in [0.25, 0.3) is 0 Å². The fraction of sp³-hybridized carbons (Fsp3) is 0.818. The number of esters is 1. The number of amides is 2. The summed E-state index contributed by atoms with van der Waals surface area (Å²) in [4.78, 5) is 24.6. The highest BCUT2D eigenvalue weighted by Crippen LogP contribution is 2.27. The normalized spacial score (nSPS) is 26.5. The highest BCUT2D eigenvalue weighted by Gasteiger charge is 2.35. The maximum Gasteiger partial charge on any atom is 0.346 e. The fourth-order valence-electron chi connectivity index (χ4n) is 2.32. The van der Waals surface area contributed by atoms with E-state index in [1.54, 1.807) is 7.05 Å². The molecule has 6 heteroatoms. The maximum atomic E-state index is 11.8. The molecule has 2 amide bonds. The van der Waals surface area contributed by atoms with Gasteiger partial charge in [0.2, 0.25) is 6.23 Å². The average molecular weight is 242 g/mol. The Hall–Kier alpha value is -1.30. The number of hydrogen-bond donors (Lipinski definition) is 1. The molecule has 0 aromatic heterocycles. The summed E-state index contributed by atoms with van der Waals surface area (Å²) in [5, 5.41) is 10.1. The Morgan fingerprint density at radius 3 is 2.65 bits per heavy atom. The van der Waals surface area contributed by atoms with Crippen molar-refractivity contribution in [3.8, 4) is 0 Å². The molecule has 1 atom stereocenters. The van der Waals surface area contributed by atoms with Gasteiger partial charge in [-0.25, -0.2) is 4.79 Å². The average Bonchev–Trinajstić information content (AvgIpc) is 2.83. The smallest absolute Gasteiger partial charge is 0.346 e. The number of hydroxylamine groups is 2. The van der Waals surface area contributed by atoms with Gasteiger partial charge < -0.3 is 9.64 Å². The van der Waals surface area contributed by atoms with Gasteiger partial charge >= 0.3 is 12.0 Å². The molecule has 2 fully saturated rings. The van der Waals surface area contributed by atoms with Crippen molar-refractivity contribution in [3.05, 3.63) is 0 Å². The number of carbonyl (C=O) groups is 2. The molecule has 6 nitrogen and oxygen atoms in total. The van der Waals surface area contributed by atoms with E-state index in [2.05, 4.69) is 0 Å². The standard InChI is InChI=1S/C11H18N2O4/c1-12-7-6-9(13(16)11(12)15)17-10(14)8-4-2-3-5-8/h8-9,16H,2-7H2,1H3. The fourth-order valence-corrected chi connectivity index (χ4v) is 2.32. The zero-order valence-corrected chi connectivity index (χ0v) is 9.96. The van der Waals surface area contributed by atoms with E-state index >= 15 is 0 Å². The molecule has 17 heavy (non-hydrogen) atoms. The second-order valence-corrected chi connectivity index (χ2v) is 4.71. The number of urea groups is 1. The van der Waals surface area contributed by atoms with Crippen LogP contribution in [0.5, 0.6) is 0 Å². The van der Waals surface area contributed by atoms with Crippen molar-refractivity contribution in [2.24, 2.45) is 5.92 Å². The third kappa shape index (κ3) is 2.52. The molecule has 1 aliphatic heterocycles. The second kappa shape index (κ2) is 4.91. The van der Waals surface area contributed by atoms with Gasteiger partial charge in [0.05, 0.1) is 5.92 Å². The van der Waals surface area contributed by atoms with Crippen LogP contribution in [0.3, 0.4) is 0 Å². The number of nitrogens with zero attached hydrogens (tertiary/aromatic N) is 2. The van der Waals surface area contributed by atoms with E-state index in [9.17, 15) is 14.8 Å². The van der Waals surface area contributed by atoms with Crippen LogP contribution in [0.1, 0.15) is 32.1 Å². The minimum Gasteiger partial charge on any atom is -0.439 e. The molecule has 1 heterocycles. The Bertz CT molecular complexity index is 315. The predicted octanol–water partition coefficient (Wildman–Crippen LogP) is 1.19. The Labute approximate surface area is 100 Å². The summed E-state index contributed by atoms with van der Waals surface area (Å²) in [6.07, 6.45) is 3.42. The van der Waals surface area contributed by atoms with Crippen molar-refractivity contribution < 1.29 is 19.5 Å². The second-order valence-electron chi connectivity index (χ2n) is 4.71. The van der Waals surface area contributed by atoms with E-state index in [4.69, 9.17) is 4.74 Å². The third-order valence-corrected chi connectivity index (χ3v) is 3.45. The van der Waals surface area contributed by atoms with Crippen molar-refractivity contribution in [2.45, 2.75) is 38.3 Å². The number of hydrogen-bond acceptors (Lipinski definition) is 4. The molecule has 0 aromatic rings. The van der Waals surface area contributed by atoms with E-state index in [0.29, 0.717) is 18.0 Å². The molecule has 1 saturated carbocycles. The lowest BCUT2D eigenvalue weighted by Gasteiger charge is -2.35. The molecule has 0 spiro atoms. The summed E-state index contributed by atoms with van der Waals surface area (Å²) in [6.45, 7) is 0.485. The Balaban J connectivity index is 1.90. The summed E-state index contributed by atoms with van der Waals surface area (Å²) in [7, 11) is 1.60. The lowest BCUT2D eigenvalue weighted by atomic mass is 10.1. The Morgan fingerprint density at radius 2 is 2.00 bits per heavy atom. The van der Waals surface area contributed by atoms with Crippen LogP contribution in [0.15, 0.2) is 0 Å². The third-order valence-electron chi connectivity index (χ3n) is 3.45. The largest absolute Gasteiger partial charge is 0.439 e. The Kier molecular flexibility index (Phi) is 3.51. The number of rotatable bonds is 2. The van der Waals surface area contributed by atoms with Gasteiger partial charge in [0.15, 0.2) is 0 Å². The molecule has 0 radical (unpaired) electrons. The minimum atomic E-state index is -0.827. The van der Waals surface area contributed by atoms with E-state index in [1.165, 1.54) is 4.90 Å². The van der Waals surface area contributed by atoms with Gasteiger partial charge in [0.1, 0.15) is 0 Å². The van der Waals surface area contributed by atoms with Gasteiger partial charge in [-0.2, -0.15) is 5.06 Å². The van der Waals surface area contributed by atoms with Crippen molar-refractivity contribution >= 4 is 12.0 Å². The number of carbonyl (C=O) groups excluding carboxylic acids is 2. The van der Waals surface area contributed by atoms with Crippen LogP contribution in [0.4, 0.5) is 4.79 Å². The SMILES string of the molecule is CN1CCC(OC(=O)C2CCCC2)N(O)C1=O. The van der Waals surface area contributed by atoms with Crippen molar-refractivity contribution in [1.82, 2.24) is 9.96 Å². The molecular formula is C11H18N2O4. The minimum absolute atomic E-state index is 0.0573. The first-order valence-corrected chi connectivity index (χ1v) is 6.03. The first-order valence-electron chi connectivity index (χ1n) is 6.03. The van der Waals surface area contributed by atoms with E-state index in [1.807, 2.05) is 0 Å². The zero-order valence-electron chi connectivity index (χ0n) is 9.96. The van der Waals surface area contributed by atoms with Crippen LogP contribution in [-0.4, -0.2) is 47.0 Å². The summed E-state index contributed by atoms with van der Waals surface area (Å²) < 4.78 is 5.20. The molecule has 96 valence electrons. The molecule has 0 bridgehead atoms. The topological polar surface area (TPSA) is 70.1 Å². The van der Waals surface area contributed by atoms with E-state index in [-0.39, 0.29) is 11.9 Å². The first-order chi connectivity index (χ1) is 8.09. The van der Waals surface area contributed by atoms with Gasteiger partial charge in [-0.3, -0.25) is 10.0 Å². The molecule has 1 unspecified atom stereocenters. The molecule has 1 aliphatic carbocycles. The maximum absolute atomic E-state index is 11.8. The zero-order chi connectivity index (χ0) is 12.4. The summed E-state index contributed by atoms with van der Waals surface area (Å²) in [5.41, 5.74) is 0.